The number of aryl methyl sites for hydroxylation is 1. The van der Waals surface area contributed by atoms with Gasteiger partial charge >= 0.3 is 0 Å². The zero-order valence-electron chi connectivity index (χ0n) is 10.1. The van der Waals surface area contributed by atoms with Crippen molar-refractivity contribution < 1.29 is 8.42 Å². The molecular formula is C10H17ClN4O2S. The number of rotatable bonds is 2. The van der Waals surface area contributed by atoms with Crippen molar-refractivity contribution in [2.45, 2.75) is 30.8 Å². The summed E-state index contributed by atoms with van der Waals surface area (Å²) in [7, 11) is -3.53. The molecule has 1 aromatic heterocycles. The van der Waals surface area contributed by atoms with Crippen LogP contribution in [0.5, 0.6) is 0 Å². The van der Waals surface area contributed by atoms with Crippen LogP contribution in [-0.2, 0) is 10.0 Å². The lowest BCUT2D eigenvalue weighted by molar-refractivity contribution is 0.315. The third-order valence-electron chi connectivity index (χ3n) is 2.80. The molecule has 2 rings (SSSR count). The summed E-state index contributed by atoms with van der Waals surface area (Å²) in [5.74, 6) is 0. The first-order valence-corrected chi connectivity index (χ1v) is 7.00. The van der Waals surface area contributed by atoms with E-state index in [1.54, 1.807) is 13.0 Å². The maximum atomic E-state index is 12.2. The van der Waals surface area contributed by atoms with E-state index < -0.39 is 10.0 Å². The molecule has 1 saturated heterocycles. The number of halogens is 1. The van der Waals surface area contributed by atoms with Crippen LogP contribution in [0, 0.1) is 6.92 Å². The normalized spacial score (nSPS) is 21.3. The number of aromatic nitrogens is 2. The van der Waals surface area contributed by atoms with Crippen LogP contribution < -0.4 is 5.73 Å². The Bertz CT molecular complexity index is 491. The molecule has 18 heavy (non-hydrogen) atoms. The third kappa shape index (κ3) is 3.17. The Hall–Kier alpha value is -0.760. The topological polar surface area (TPSA) is 89.2 Å². The molecule has 0 amide bonds. The van der Waals surface area contributed by atoms with Gasteiger partial charge in [0, 0.05) is 19.1 Å². The summed E-state index contributed by atoms with van der Waals surface area (Å²) in [6, 6.07) is 3.04. The van der Waals surface area contributed by atoms with E-state index in [1.165, 1.54) is 10.4 Å². The van der Waals surface area contributed by atoms with Crippen molar-refractivity contribution in [3.63, 3.8) is 0 Å². The zero-order valence-corrected chi connectivity index (χ0v) is 11.7. The van der Waals surface area contributed by atoms with Gasteiger partial charge in [-0.3, -0.25) is 0 Å². The Morgan fingerprint density at radius 1 is 1.39 bits per heavy atom. The van der Waals surface area contributed by atoms with Crippen molar-refractivity contribution in [3.8, 4) is 0 Å². The van der Waals surface area contributed by atoms with E-state index in [0.29, 0.717) is 18.8 Å². The fourth-order valence-electron chi connectivity index (χ4n) is 1.85. The number of nitrogens with two attached hydrogens (primary N) is 1. The SMILES string of the molecule is Cc1ccc(S(=O)(=O)N2CCCC(N)C2)nn1.Cl. The second-order valence-electron chi connectivity index (χ2n) is 4.28. The van der Waals surface area contributed by atoms with Crippen molar-refractivity contribution >= 4 is 22.4 Å². The first-order valence-electron chi connectivity index (χ1n) is 5.56. The van der Waals surface area contributed by atoms with Crippen LogP contribution in [0.4, 0.5) is 0 Å². The van der Waals surface area contributed by atoms with Gasteiger partial charge in [0.25, 0.3) is 10.0 Å². The standard InChI is InChI=1S/C10H16N4O2S.ClH/c1-8-4-5-10(13-12-8)17(15,16)14-6-2-3-9(11)7-14;/h4-5,9H,2-3,6-7,11H2,1H3;1H. The van der Waals surface area contributed by atoms with Gasteiger partial charge in [-0.2, -0.15) is 9.40 Å². The van der Waals surface area contributed by atoms with Crippen molar-refractivity contribution in [3.05, 3.63) is 17.8 Å². The molecule has 1 aliphatic rings. The second kappa shape index (κ2) is 5.92. The average molecular weight is 293 g/mol. The van der Waals surface area contributed by atoms with Crippen molar-refractivity contribution in [1.29, 1.82) is 0 Å². The number of sulfonamides is 1. The Balaban J connectivity index is 0.00000162. The molecule has 102 valence electrons. The Kier molecular flexibility index (Phi) is 5.03. The van der Waals surface area contributed by atoms with Crippen LogP contribution in [0.25, 0.3) is 0 Å². The summed E-state index contributed by atoms with van der Waals surface area (Å²) in [5, 5.41) is 7.50. The monoisotopic (exact) mass is 292 g/mol. The number of hydrogen-bond acceptors (Lipinski definition) is 5. The molecule has 8 heteroatoms. The summed E-state index contributed by atoms with van der Waals surface area (Å²) < 4.78 is 25.8. The van der Waals surface area contributed by atoms with Crippen LogP contribution in [0.1, 0.15) is 18.5 Å². The predicted octanol–water partition coefficient (Wildman–Crippen LogP) is 0.319. The van der Waals surface area contributed by atoms with Crippen LogP contribution in [-0.4, -0.2) is 42.1 Å². The lowest BCUT2D eigenvalue weighted by atomic mass is 10.1. The highest BCUT2D eigenvalue weighted by Gasteiger charge is 2.30. The summed E-state index contributed by atoms with van der Waals surface area (Å²) in [5.41, 5.74) is 6.48. The molecule has 2 N–H and O–H groups in total. The van der Waals surface area contributed by atoms with Gasteiger partial charge in [-0.15, -0.1) is 17.5 Å². The number of piperidine rings is 1. The minimum absolute atomic E-state index is 0. The van der Waals surface area contributed by atoms with E-state index in [-0.39, 0.29) is 23.5 Å². The largest absolute Gasteiger partial charge is 0.327 e. The van der Waals surface area contributed by atoms with Crippen molar-refractivity contribution in [2.24, 2.45) is 5.73 Å². The van der Waals surface area contributed by atoms with E-state index in [9.17, 15) is 8.42 Å². The number of hydrogen-bond donors (Lipinski definition) is 1. The average Bonchev–Trinajstić information content (AvgIpc) is 2.29. The van der Waals surface area contributed by atoms with Gasteiger partial charge in [0.2, 0.25) is 0 Å². The van der Waals surface area contributed by atoms with Gasteiger partial charge in [0.15, 0.2) is 5.03 Å². The van der Waals surface area contributed by atoms with Crippen LogP contribution in [0.15, 0.2) is 17.2 Å². The van der Waals surface area contributed by atoms with Gasteiger partial charge in [0.1, 0.15) is 0 Å². The molecule has 0 saturated carbocycles. The smallest absolute Gasteiger partial charge is 0.262 e. The molecule has 1 aromatic rings. The molecule has 0 bridgehead atoms. The van der Waals surface area contributed by atoms with Crippen LogP contribution in [0.3, 0.4) is 0 Å². The zero-order chi connectivity index (χ0) is 12.5. The molecule has 6 nitrogen and oxygen atoms in total. The summed E-state index contributed by atoms with van der Waals surface area (Å²) >= 11 is 0. The van der Waals surface area contributed by atoms with Crippen molar-refractivity contribution in [2.75, 3.05) is 13.1 Å². The van der Waals surface area contributed by atoms with Gasteiger partial charge in [-0.05, 0) is 31.9 Å². The van der Waals surface area contributed by atoms with E-state index >= 15 is 0 Å². The third-order valence-corrected chi connectivity index (χ3v) is 4.56. The maximum Gasteiger partial charge on any atom is 0.262 e. The molecule has 1 aliphatic heterocycles. The number of nitrogens with zero attached hydrogens (tertiary/aromatic N) is 3. The van der Waals surface area contributed by atoms with Crippen LogP contribution in [0.2, 0.25) is 0 Å². The van der Waals surface area contributed by atoms with E-state index in [1.807, 2.05) is 0 Å². The summed E-state index contributed by atoms with van der Waals surface area (Å²) in [6.07, 6.45) is 1.66. The summed E-state index contributed by atoms with van der Waals surface area (Å²) in [4.78, 5) is 0. The minimum atomic E-state index is -3.53. The molecule has 1 atom stereocenters. The van der Waals surface area contributed by atoms with Gasteiger partial charge in [-0.1, -0.05) is 0 Å². The molecular weight excluding hydrogens is 276 g/mol. The van der Waals surface area contributed by atoms with Crippen LogP contribution >= 0.6 is 12.4 Å². The summed E-state index contributed by atoms with van der Waals surface area (Å²) in [6.45, 7) is 2.63. The fraction of sp³-hybridized carbons (Fsp3) is 0.600. The Morgan fingerprint density at radius 3 is 2.67 bits per heavy atom. The molecule has 2 heterocycles. The first-order chi connectivity index (χ1) is 8.00. The highest BCUT2D eigenvalue weighted by atomic mass is 35.5. The minimum Gasteiger partial charge on any atom is -0.327 e. The van der Waals surface area contributed by atoms with Gasteiger partial charge < -0.3 is 5.73 Å². The first kappa shape index (κ1) is 15.3. The van der Waals surface area contributed by atoms with E-state index in [2.05, 4.69) is 10.2 Å². The second-order valence-corrected chi connectivity index (χ2v) is 6.16. The Labute approximate surface area is 113 Å². The maximum absolute atomic E-state index is 12.2. The predicted molar refractivity (Wildman–Crippen MR) is 70.0 cm³/mol. The lowest BCUT2D eigenvalue weighted by Crippen LogP contribution is -2.45. The molecule has 0 spiro atoms. The van der Waals surface area contributed by atoms with Gasteiger partial charge in [0.05, 0.1) is 5.69 Å². The fourth-order valence-corrected chi connectivity index (χ4v) is 3.25. The molecule has 0 aromatic carbocycles. The van der Waals surface area contributed by atoms with Crippen molar-refractivity contribution in [1.82, 2.24) is 14.5 Å². The van der Waals surface area contributed by atoms with E-state index in [4.69, 9.17) is 5.73 Å². The Morgan fingerprint density at radius 2 is 2.11 bits per heavy atom. The highest BCUT2D eigenvalue weighted by molar-refractivity contribution is 7.89. The molecule has 0 radical (unpaired) electrons. The quantitative estimate of drug-likeness (QED) is 0.848. The van der Waals surface area contributed by atoms with E-state index in [0.717, 1.165) is 12.8 Å². The molecule has 1 fully saturated rings. The lowest BCUT2D eigenvalue weighted by Gasteiger charge is -2.29. The molecule has 1 unspecified atom stereocenters. The van der Waals surface area contributed by atoms with Gasteiger partial charge in [-0.25, -0.2) is 8.42 Å². The molecule has 0 aliphatic carbocycles. The highest BCUT2D eigenvalue weighted by Crippen LogP contribution is 2.18.